The highest BCUT2D eigenvalue weighted by molar-refractivity contribution is 7.19. The predicted octanol–water partition coefficient (Wildman–Crippen LogP) is 4.91. The molecule has 5 nitrogen and oxygen atoms in total. The van der Waals surface area contributed by atoms with Gasteiger partial charge in [0, 0.05) is 29.3 Å². The fourth-order valence-electron chi connectivity index (χ4n) is 3.28. The Morgan fingerprint density at radius 1 is 1.07 bits per heavy atom. The van der Waals surface area contributed by atoms with Crippen LogP contribution in [0.15, 0.2) is 54.7 Å². The van der Waals surface area contributed by atoms with Gasteiger partial charge < -0.3 is 10.4 Å². The van der Waals surface area contributed by atoms with Crippen LogP contribution in [0.3, 0.4) is 0 Å². The minimum Gasteiger partial charge on any atom is -0.396 e. The minimum absolute atomic E-state index is 0.0866. The van der Waals surface area contributed by atoms with Crippen LogP contribution in [0.25, 0.3) is 32.9 Å². The van der Waals surface area contributed by atoms with Gasteiger partial charge in [0.1, 0.15) is 16.3 Å². The standard InChI is InChI=1S/C22H22N4OS/c1-14(11-13-27)24-21-19-18(16-8-4-3-5-9-16)15(2)28-22(19)26-20(25-21)17-10-6-7-12-23-17/h3-10,12,14,27H,11,13H2,1-2H3,(H,24,25,26). The molecule has 0 saturated carbocycles. The molecule has 2 N–H and O–H groups in total. The van der Waals surface area contributed by atoms with Gasteiger partial charge in [0.25, 0.3) is 0 Å². The number of aliphatic hydroxyl groups excluding tert-OH is 1. The predicted molar refractivity (Wildman–Crippen MR) is 116 cm³/mol. The Labute approximate surface area is 168 Å². The lowest BCUT2D eigenvalue weighted by Crippen LogP contribution is -2.18. The third-order valence-electron chi connectivity index (χ3n) is 4.63. The molecule has 0 aliphatic heterocycles. The van der Waals surface area contributed by atoms with Crippen LogP contribution < -0.4 is 5.32 Å². The molecule has 0 bridgehead atoms. The topological polar surface area (TPSA) is 70.9 Å². The van der Waals surface area contributed by atoms with E-state index in [1.807, 2.05) is 43.3 Å². The maximum atomic E-state index is 9.32. The molecule has 6 heteroatoms. The first-order valence-electron chi connectivity index (χ1n) is 9.32. The largest absolute Gasteiger partial charge is 0.396 e. The lowest BCUT2D eigenvalue weighted by atomic mass is 10.0. The van der Waals surface area contributed by atoms with Gasteiger partial charge in [-0.15, -0.1) is 11.3 Å². The molecule has 0 amide bonds. The van der Waals surface area contributed by atoms with Crippen molar-refractivity contribution in [2.75, 3.05) is 11.9 Å². The number of aryl methyl sites for hydroxylation is 1. The van der Waals surface area contributed by atoms with E-state index in [0.717, 1.165) is 32.9 Å². The first-order chi connectivity index (χ1) is 13.7. The molecular formula is C22H22N4OS. The highest BCUT2D eigenvalue weighted by Gasteiger charge is 2.20. The summed E-state index contributed by atoms with van der Waals surface area (Å²) in [5, 5.41) is 13.8. The Morgan fingerprint density at radius 2 is 1.86 bits per heavy atom. The number of anilines is 1. The van der Waals surface area contributed by atoms with E-state index in [1.54, 1.807) is 17.5 Å². The molecule has 28 heavy (non-hydrogen) atoms. The van der Waals surface area contributed by atoms with Crippen molar-refractivity contribution in [3.8, 4) is 22.6 Å². The van der Waals surface area contributed by atoms with E-state index in [4.69, 9.17) is 9.97 Å². The Hall–Kier alpha value is -2.83. The van der Waals surface area contributed by atoms with Crippen LogP contribution in [0, 0.1) is 6.92 Å². The third-order valence-corrected chi connectivity index (χ3v) is 5.63. The summed E-state index contributed by atoms with van der Waals surface area (Å²) in [5.74, 6) is 1.39. The van der Waals surface area contributed by atoms with Gasteiger partial charge in [0.2, 0.25) is 0 Å². The molecule has 4 rings (SSSR count). The zero-order valence-corrected chi connectivity index (χ0v) is 16.7. The Kier molecular flexibility index (Phi) is 5.32. The maximum absolute atomic E-state index is 9.32. The number of nitrogens with one attached hydrogen (secondary N) is 1. The summed E-state index contributed by atoms with van der Waals surface area (Å²) < 4.78 is 0. The maximum Gasteiger partial charge on any atom is 0.181 e. The van der Waals surface area contributed by atoms with E-state index in [0.29, 0.717) is 12.2 Å². The van der Waals surface area contributed by atoms with Crippen molar-refractivity contribution < 1.29 is 5.11 Å². The van der Waals surface area contributed by atoms with Crippen LogP contribution in [0.4, 0.5) is 5.82 Å². The van der Waals surface area contributed by atoms with Crippen molar-refractivity contribution in [1.29, 1.82) is 0 Å². The number of benzene rings is 1. The second-order valence-corrected chi connectivity index (χ2v) is 7.95. The fourth-order valence-corrected chi connectivity index (χ4v) is 4.32. The van der Waals surface area contributed by atoms with Crippen LogP contribution in [-0.4, -0.2) is 32.7 Å². The second-order valence-electron chi connectivity index (χ2n) is 6.75. The summed E-state index contributed by atoms with van der Waals surface area (Å²) in [6.07, 6.45) is 2.40. The van der Waals surface area contributed by atoms with E-state index < -0.39 is 0 Å². The van der Waals surface area contributed by atoms with Crippen molar-refractivity contribution in [1.82, 2.24) is 15.0 Å². The van der Waals surface area contributed by atoms with Crippen molar-refractivity contribution in [2.24, 2.45) is 0 Å². The van der Waals surface area contributed by atoms with Crippen molar-refractivity contribution in [2.45, 2.75) is 26.3 Å². The van der Waals surface area contributed by atoms with Crippen molar-refractivity contribution in [3.05, 3.63) is 59.6 Å². The van der Waals surface area contributed by atoms with Gasteiger partial charge in [-0.1, -0.05) is 36.4 Å². The molecule has 0 saturated heterocycles. The summed E-state index contributed by atoms with van der Waals surface area (Å²) in [4.78, 5) is 16.2. The van der Waals surface area contributed by atoms with Gasteiger partial charge in [-0.3, -0.25) is 4.98 Å². The van der Waals surface area contributed by atoms with Crippen LogP contribution >= 0.6 is 11.3 Å². The van der Waals surface area contributed by atoms with Gasteiger partial charge in [-0.05, 0) is 38.0 Å². The molecule has 0 aliphatic carbocycles. The van der Waals surface area contributed by atoms with E-state index in [9.17, 15) is 5.11 Å². The molecule has 1 unspecified atom stereocenters. The SMILES string of the molecule is Cc1sc2nc(-c3ccccn3)nc(NC(C)CCO)c2c1-c1ccccc1. The molecule has 1 aromatic carbocycles. The van der Waals surface area contributed by atoms with Crippen LogP contribution in [0.1, 0.15) is 18.2 Å². The third kappa shape index (κ3) is 3.61. The quantitative estimate of drug-likeness (QED) is 0.489. The number of pyridine rings is 1. The smallest absolute Gasteiger partial charge is 0.181 e. The van der Waals surface area contributed by atoms with Crippen LogP contribution in [0.2, 0.25) is 0 Å². The molecular weight excluding hydrogens is 368 g/mol. The zero-order chi connectivity index (χ0) is 19.5. The molecule has 0 fully saturated rings. The van der Waals surface area contributed by atoms with Gasteiger partial charge >= 0.3 is 0 Å². The average Bonchev–Trinajstić information content (AvgIpc) is 3.05. The monoisotopic (exact) mass is 390 g/mol. The molecule has 0 radical (unpaired) electrons. The van der Waals surface area contributed by atoms with E-state index in [1.165, 1.54) is 4.88 Å². The number of thiophene rings is 1. The van der Waals surface area contributed by atoms with Gasteiger partial charge in [-0.2, -0.15) is 0 Å². The normalized spacial score (nSPS) is 12.2. The van der Waals surface area contributed by atoms with Gasteiger partial charge in [0.05, 0.1) is 5.39 Å². The molecule has 4 aromatic rings. The highest BCUT2D eigenvalue weighted by atomic mass is 32.1. The lowest BCUT2D eigenvalue weighted by Gasteiger charge is -2.16. The summed E-state index contributed by atoms with van der Waals surface area (Å²) in [5.41, 5.74) is 3.06. The lowest BCUT2D eigenvalue weighted by molar-refractivity contribution is 0.282. The zero-order valence-electron chi connectivity index (χ0n) is 15.9. The Bertz CT molecular complexity index is 1080. The minimum atomic E-state index is 0.0866. The van der Waals surface area contributed by atoms with Crippen molar-refractivity contribution in [3.63, 3.8) is 0 Å². The summed E-state index contributed by atoms with van der Waals surface area (Å²) in [7, 11) is 0. The first kappa shape index (κ1) is 18.5. The summed E-state index contributed by atoms with van der Waals surface area (Å²) >= 11 is 1.67. The molecule has 0 spiro atoms. The number of hydrogen-bond acceptors (Lipinski definition) is 6. The van der Waals surface area contributed by atoms with Gasteiger partial charge in [-0.25, -0.2) is 9.97 Å². The number of nitrogens with zero attached hydrogens (tertiary/aromatic N) is 3. The van der Waals surface area contributed by atoms with Crippen molar-refractivity contribution >= 4 is 27.4 Å². The van der Waals surface area contributed by atoms with E-state index >= 15 is 0 Å². The van der Waals surface area contributed by atoms with E-state index in [2.05, 4.69) is 29.4 Å². The molecule has 142 valence electrons. The number of fused-ring (bicyclic) bond motifs is 1. The van der Waals surface area contributed by atoms with E-state index in [-0.39, 0.29) is 12.6 Å². The van der Waals surface area contributed by atoms with Gasteiger partial charge in [0.15, 0.2) is 5.82 Å². The molecule has 0 aliphatic rings. The van der Waals surface area contributed by atoms with Crippen LogP contribution in [0.5, 0.6) is 0 Å². The summed E-state index contributed by atoms with van der Waals surface area (Å²) in [6.45, 7) is 4.30. The number of aliphatic hydroxyl groups is 1. The second kappa shape index (κ2) is 8.04. The fraction of sp³-hybridized carbons (Fsp3) is 0.227. The van der Waals surface area contributed by atoms with Crippen LogP contribution in [-0.2, 0) is 0 Å². The number of hydrogen-bond donors (Lipinski definition) is 2. The molecule has 3 heterocycles. The molecule has 3 aromatic heterocycles. The number of aromatic nitrogens is 3. The Balaban J connectivity index is 1.94. The first-order valence-corrected chi connectivity index (χ1v) is 10.1. The highest BCUT2D eigenvalue weighted by Crippen LogP contribution is 2.41. The molecule has 1 atom stereocenters. The summed E-state index contributed by atoms with van der Waals surface area (Å²) in [6, 6.07) is 16.2. The number of rotatable bonds is 6. The Morgan fingerprint density at radius 3 is 2.57 bits per heavy atom. The average molecular weight is 391 g/mol.